The molecule has 0 aliphatic heterocycles. The van der Waals surface area contributed by atoms with Crippen LogP contribution >= 0.6 is 0 Å². The second-order valence-corrected chi connectivity index (χ2v) is 6.11. The van der Waals surface area contributed by atoms with Gasteiger partial charge in [0.15, 0.2) is 0 Å². The van der Waals surface area contributed by atoms with Gasteiger partial charge in [0.1, 0.15) is 0 Å². The first kappa shape index (κ1) is 16.8. The van der Waals surface area contributed by atoms with E-state index < -0.39 is 5.97 Å². The van der Waals surface area contributed by atoms with Crippen LogP contribution in [0.2, 0.25) is 0 Å². The maximum absolute atomic E-state index is 11.9. The average molecular weight is 284 g/mol. The molecule has 5 heteroatoms. The van der Waals surface area contributed by atoms with Crippen molar-refractivity contribution in [2.24, 2.45) is 11.8 Å². The number of carboxylic acids is 1. The van der Waals surface area contributed by atoms with Crippen molar-refractivity contribution < 1.29 is 14.7 Å². The minimum absolute atomic E-state index is 0.120. The van der Waals surface area contributed by atoms with Gasteiger partial charge in [-0.15, -0.1) is 0 Å². The maximum Gasteiger partial charge on any atom is 0.315 e. The molecule has 3 N–H and O–H groups in total. The topological polar surface area (TPSA) is 78.4 Å². The molecule has 0 aromatic rings. The van der Waals surface area contributed by atoms with Crippen LogP contribution in [0, 0.1) is 11.8 Å². The third-order valence-corrected chi connectivity index (χ3v) is 4.14. The fourth-order valence-electron chi connectivity index (χ4n) is 2.67. The minimum Gasteiger partial charge on any atom is -0.481 e. The molecule has 3 atom stereocenters. The molecule has 0 aromatic heterocycles. The predicted octanol–water partition coefficient (Wildman–Crippen LogP) is 2.76. The van der Waals surface area contributed by atoms with Crippen molar-refractivity contribution in [1.82, 2.24) is 10.6 Å². The van der Waals surface area contributed by atoms with E-state index in [1.54, 1.807) is 0 Å². The molecule has 1 saturated carbocycles. The number of aliphatic carboxylic acids is 1. The van der Waals surface area contributed by atoms with Crippen LogP contribution in [0.25, 0.3) is 0 Å². The smallest absolute Gasteiger partial charge is 0.315 e. The van der Waals surface area contributed by atoms with Gasteiger partial charge in [0.05, 0.1) is 0 Å². The number of carbonyl (C=O) groups is 2. The number of urea groups is 1. The predicted molar refractivity (Wildman–Crippen MR) is 78.6 cm³/mol. The van der Waals surface area contributed by atoms with E-state index in [4.69, 9.17) is 5.11 Å². The molecular weight excluding hydrogens is 256 g/mol. The zero-order valence-electron chi connectivity index (χ0n) is 12.7. The molecule has 1 aliphatic rings. The van der Waals surface area contributed by atoms with E-state index in [1.807, 2.05) is 6.92 Å². The highest BCUT2D eigenvalue weighted by atomic mass is 16.4. The summed E-state index contributed by atoms with van der Waals surface area (Å²) in [6.45, 7) is 4.68. The highest BCUT2D eigenvalue weighted by Gasteiger charge is 2.21. The molecule has 0 bridgehead atoms. The monoisotopic (exact) mass is 284 g/mol. The molecule has 1 fully saturated rings. The van der Waals surface area contributed by atoms with Gasteiger partial charge in [-0.25, -0.2) is 4.79 Å². The lowest BCUT2D eigenvalue weighted by atomic mass is 9.97. The van der Waals surface area contributed by atoms with E-state index in [9.17, 15) is 9.59 Å². The van der Waals surface area contributed by atoms with Crippen LogP contribution in [-0.2, 0) is 4.79 Å². The first-order chi connectivity index (χ1) is 9.49. The van der Waals surface area contributed by atoms with Gasteiger partial charge in [-0.3, -0.25) is 4.79 Å². The fourth-order valence-corrected chi connectivity index (χ4v) is 2.67. The maximum atomic E-state index is 11.9. The molecule has 2 amide bonds. The molecule has 3 unspecified atom stereocenters. The number of carboxylic acid groups (broad SMARTS) is 1. The van der Waals surface area contributed by atoms with Crippen molar-refractivity contribution in [2.45, 2.75) is 64.8 Å². The molecule has 0 heterocycles. The van der Waals surface area contributed by atoms with Gasteiger partial charge in [0.25, 0.3) is 0 Å². The van der Waals surface area contributed by atoms with Crippen molar-refractivity contribution >= 4 is 12.0 Å². The third-order valence-electron chi connectivity index (χ3n) is 4.14. The summed E-state index contributed by atoms with van der Waals surface area (Å²) < 4.78 is 0. The van der Waals surface area contributed by atoms with Gasteiger partial charge in [0, 0.05) is 19.0 Å². The molecule has 20 heavy (non-hydrogen) atoms. The zero-order chi connectivity index (χ0) is 15.0. The summed E-state index contributed by atoms with van der Waals surface area (Å²) in [5.41, 5.74) is 0. The Bertz CT molecular complexity index is 320. The molecule has 1 rings (SSSR count). The van der Waals surface area contributed by atoms with Crippen molar-refractivity contribution in [1.29, 1.82) is 0 Å². The number of hydrogen-bond donors (Lipinski definition) is 3. The normalized spacial score (nSPS) is 24.5. The Morgan fingerprint density at radius 1 is 1.25 bits per heavy atom. The Balaban J connectivity index is 2.23. The van der Waals surface area contributed by atoms with Crippen LogP contribution < -0.4 is 10.6 Å². The molecule has 0 aromatic carbocycles. The summed E-state index contributed by atoms with van der Waals surface area (Å²) in [7, 11) is 0. The van der Waals surface area contributed by atoms with E-state index in [0.29, 0.717) is 18.9 Å². The Morgan fingerprint density at radius 3 is 2.65 bits per heavy atom. The lowest BCUT2D eigenvalue weighted by Crippen LogP contribution is -2.45. The van der Waals surface area contributed by atoms with E-state index in [1.165, 1.54) is 25.7 Å². The Hall–Kier alpha value is -1.26. The highest BCUT2D eigenvalue weighted by molar-refractivity contribution is 5.74. The lowest BCUT2D eigenvalue weighted by molar-refractivity contribution is -0.137. The highest BCUT2D eigenvalue weighted by Crippen LogP contribution is 2.22. The Kier molecular flexibility index (Phi) is 7.41. The van der Waals surface area contributed by atoms with Gasteiger partial charge < -0.3 is 15.7 Å². The molecule has 1 aliphatic carbocycles. The molecule has 0 spiro atoms. The van der Waals surface area contributed by atoms with Crippen LogP contribution in [0.1, 0.15) is 58.8 Å². The second-order valence-electron chi connectivity index (χ2n) is 6.11. The number of amides is 2. The van der Waals surface area contributed by atoms with E-state index in [-0.39, 0.29) is 24.4 Å². The SMILES string of the molecule is CC(CCC(=O)O)CNC(=O)NC1CCCCCC1C. The Labute approximate surface area is 121 Å². The van der Waals surface area contributed by atoms with Gasteiger partial charge in [0.2, 0.25) is 0 Å². The van der Waals surface area contributed by atoms with Crippen LogP contribution in [0.5, 0.6) is 0 Å². The number of carbonyl (C=O) groups excluding carboxylic acids is 1. The van der Waals surface area contributed by atoms with Crippen molar-refractivity contribution in [3.05, 3.63) is 0 Å². The largest absolute Gasteiger partial charge is 0.481 e. The first-order valence-electron chi connectivity index (χ1n) is 7.75. The van der Waals surface area contributed by atoms with Crippen molar-refractivity contribution in [2.75, 3.05) is 6.54 Å². The van der Waals surface area contributed by atoms with Crippen LogP contribution in [0.15, 0.2) is 0 Å². The summed E-state index contributed by atoms with van der Waals surface area (Å²) in [5, 5.41) is 14.5. The van der Waals surface area contributed by atoms with Gasteiger partial charge in [-0.2, -0.15) is 0 Å². The third kappa shape index (κ3) is 6.78. The molecule has 116 valence electrons. The van der Waals surface area contributed by atoms with Crippen LogP contribution in [-0.4, -0.2) is 29.7 Å². The Morgan fingerprint density at radius 2 is 1.95 bits per heavy atom. The van der Waals surface area contributed by atoms with E-state index in [0.717, 1.165) is 6.42 Å². The average Bonchev–Trinajstić information content (AvgIpc) is 2.59. The molecule has 0 saturated heterocycles. The quantitative estimate of drug-likeness (QED) is 0.656. The van der Waals surface area contributed by atoms with E-state index in [2.05, 4.69) is 17.6 Å². The summed E-state index contributed by atoms with van der Waals surface area (Å²) >= 11 is 0. The molecule has 5 nitrogen and oxygen atoms in total. The summed E-state index contributed by atoms with van der Waals surface area (Å²) in [5.74, 6) is -0.0651. The summed E-state index contributed by atoms with van der Waals surface area (Å²) in [4.78, 5) is 22.3. The molecular formula is C15H28N2O3. The van der Waals surface area contributed by atoms with Crippen LogP contribution in [0.3, 0.4) is 0 Å². The van der Waals surface area contributed by atoms with Gasteiger partial charge in [-0.1, -0.05) is 33.1 Å². The van der Waals surface area contributed by atoms with Crippen LogP contribution in [0.4, 0.5) is 4.79 Å². The standard InChI is InChI=1S/C15H28N2O3/c1-11(8-9-14(18)19)10-16-15(20)17-13-7-5-3-4-6-12(13)2/h11-13H,3-10H2,1-2H3,(H,18,19)(H2,16,17,20). The summed E-state index contributed by atoms with van der Waals surface area (Å²) in [6, 6.07) is 0.151. The summed E-state index contributed by atoms with van der Waals surface area (Å²) in [6.07, 6.45) is 6.69. The molecule has 0 radical (unpaired) electrons. The van der Waals surface area contributed by atoms with Crippen molar-refractivity contribution in [3.63, 3.8) is 0 Å². The minimum atomic E-state index is -0.784. The number of nitrogens with one attached hydrogen (secondary N) is 2. The van der Waals surface area contributed by atoms with Gasteiger partial charge in [-0.05, 0) is 31.1 Å². The zero-order valence-corrected chi connectivity index (χ0v) is 12.7. The first-order valence-corrected chi connectivity index (χ1v) is 7.75. The van der Waals surface area contributed by atoms with Crippen molar-refractivity contribution in [3.8, 4) is 0 Å². The second kappa shape index (κ2) is 8.82. The van der Waals surface area contributed by atoms with E-state index >= 15 is 0 Å². The fraction of sp³-hybridized carbons (Fsp3) is 0.867. The number of hydrogen-bond acceptors (Lipinski definition) is 2. The lowest BCUT2D eigenvalue weighted by Gasteiger charge is -2.23. The number of rotatable bonds is 6. The van der Waals surface area contributed by atoms with Gasteiger partial charge >= 0.3 is 12.0 Å².